The molecule has 114 valence electrons. The van der Waals surface area contributed by atoms with Gasteiger partial charge in [-0.15, -0.1) is 0 Å². The minimum Gasteiger partial charge on any atom is -0.444 e. The van der Waals surface area contributed by atoms with Crippen molar-refractivity contribution in [1.29, 1.82) is 0 Å². The molecule has 1 heterocycles. The predicted molar refractivity (Wildman–Crippen MR) is 87.2 cm³/mol. The summed E-state index contributed by atoms with van der Waals surface area (Å²) < 4.78 is 5.15. The maximum atomic E-state index is 11.5. The fraction of sp³-hybridized carbons (Fsp3) is 0.400. The summed E-state index contributed by atoms with van der Waals surface area (Å²) >= 11 is 1.45. The van der Waals surface area contributed by atoms with Crippen molar-refractivity contribution in [3.63, 3.8) is 0 Å². The van der Waals surface area contributed by atoms with Gasteiger partial charge < -0.3 is 10.1 Å². The van der Waals surface area contributed by atoms with Gasteiger partial charge >= 0.3 is 6.09 Å². The average Bonchev–Trinajstić information content (AvgIpc) is 2.41. The molecule has 0 saturated heterocycles. The number of alkyl carbamates (subject to hydrolysis) is 1. The zero-order valence-electron chi connectivity index (χ0n) is 12.7. The Balaban J connectivity index is 2.44. The van der Waals surface area contributed by atoms with Crippen LogP contribution in [0.4, 0.5) is 4.79 Å². The molecule has 1 amide bonds. The molecule has 1 aromatic heterocycles. The number of thioether (sulfide) groups is 1. The standard InChI is InChI=1S/C15H21N3O2S/c1-6-11-10-12(7-2)18-13(17-11)21-9-8-16-14(19)20-15(3,4)5/h6-7,10H,1-2,8-9H2,3-5H3,(H,16,19). The van der Waals surface area contributed by atoms with Crippen molar-refractivity contribution in [2.24, 2.45) is 0 Å². The first-order chi connectivity index (χ1) is 9.84. The topological polar surface area (TPSA) is 64.1 Å². The van der Waals surface area contributed by atoms with Crippen LogP contribution >= 0.6 is 11.8 Å². The van der Waals surface area contributed by atoms with E-state index in [4.69, 9.17) is 4.74 Å². The van der Waals surface area contributed by atoms with E-state index in [9.17, 15) is 4.79 Å². The summed E-state index contributed by atoms with van der Waals surface area (Å²) in [7, 11) is 0. The number of hydrogen-bond acceptors (Lipinski definition) is 5. The summed E-state index contributed by atoms with van der Waals surface area (Å²) in [5, 5.41) is 3.32. The van der Waals surface area contributed by atoms with Crippen LogP contribution in [0.1, 0.15) is 32.2 Å². The first kappa shape index (κ1) is 17.2. The first-order valence-corrected chi connectivity index (χ1v) is 7.56. The third-order valence-electron chi connectivity index (χ3n) is 2.16. The summed E-state index contributed by atoms with van der Waals surface area (Å²) in [4.78, 5) is 20.1. The third-order valence-corrected chi connectivity index (χ3v) is 3.01. The molecule has 0 atom stereocenters. The lowest BCUT2D eigenvalue weighted by molar-refractivity contribution is 0.0531. The lowest BCUT2D eigenvalue weighted by atomic mass is 10.2. The molecule has 0 fully saturated rings. The largest absolute Gasteiger partial charge is 0.444 e. The molecule has 1 rings (SSSR count). The third kappa shape index (κ3) is 6.94. The minimum atomic E-state index is -0.489. The SMILES string of the molecule is C=Cc1cc(C=C)nc(SCCNC(=O)OC(C)(C)C)n1. The lowest BCUT2D eigenvalue weighted by Crippen LogP contribution is -2.33. The number of ether oxygens (including phenoxy) is 1. The number of amides is 1. The van der Waals surface area contributed by atoms with Gasteiger partial charge in [0.25, 0.3) is 0 Å². The Morgan fingerprint density at radius 3 is 2.38 bits per heavy atom. The maximum absolute atomic E-state index is 11.5. The molecule has 0 aliphatic heterocycles. The van der Waals surface area contributed by atoms with Gasteiger partial charge in [0.05, 0.1) is 11.4 Å². The summed E-state index contributed by atoms with van der Waals surface area (Å²) in [6, 6.07) is 1.81. The number of carbonyl (C=O) groups excluding carboxylic acids is 1. The highest BCUT2D eigenvalue weighted by Crippen LogP contribution is 2.15. The Kier molecular flexibility index (Phi) is 6.42. The van der Waals surface area contributed by atoms with E-state index in [0.29, 0.717) is 17.5 Å². The van der Waals surface area contributed by atoms with Crippen molar-refractivity contribution in [1.82, 2.24) is 15.3 Å². The van der Waals surface area contributed by atoms with E-state index in [-0.39, 0.29) is 0 Å². The molecule has 0 aromatic carbocycles. The minimum absolute atomic E-state index is 0.421. The number of carbonyl (C=O) groups is 1. The molecule has 1 aromatic rings. The van der Waals surface area contributed by atoms with Gasteiger partial charge in [-0.1, -0.05) is 24.9 Å². The molecule has 5 nitrogen and oxygen atoms in total. The molecule has 6 heteroatoms. The summed E-state index contributed by atoms with van der Waals surface area (Å²) in [5.74, 6) is 0.649. The van der Waals surface area contributed by atoms with E-state index in [2.05, 4.69) is 28.4 Å². The molecular formula is C15H21N3O2S. The van der Waals surface area contributed by atoms with Gasteiger partial charge in [0.2, 0.25) is 0 Å². The van der Waals surface area contributed by atoms with Gasteiger partial charge in [-0.3, -0.25) is 0 Å². The van der Waals surface area contributed by atoms with E-state index in [1.165, 1.54) is 11.8 Å². The highest BCUT2D eigenvalue weighted by Gasteiger charge is 2.15. The van der Waals surface area contributed by atoms with E-state index in [1.807, 2.05) is 26.8 Å². The van der Waals surface area contributed by atoms with Crippen LogP contribution in [0.2, 0.25) is 0 Å². The van der Waals surface area contributed by atoms with Crippen molar-refractivity contribution < 1.29 is 9.53 Å². The monoisotopic (exact) mass is 307 g/mol. The predicted octanol–water partition coefficient (Wildman–Crippen LogP) is 3.38. The maximum Gasteiger partial charge on any atom is 0.407 e. The van der Waals surface area contributed by atoms with E-state index >= 15 is 0 Å². The lowest BCUT2D eigenvalue weighted by Gasteiger charge is -2.19. The number of hydrogen-bond donors (Lipinski definition) is 1. The van der Waals surface area contributed by atoms with Gasteiger partial charge in [-0.05, 0) is 39.0 Å². The second-order valence-corrected chi connectivity index (χ2v) is 6.25. The second-order valence-electron chi connectivity index (χ2n) is 5.19. The number of nitrogens with one attached hydrogen (secondary N) is 1. The van der Waals surface area contributed by atoms with Crippen LogP contribution in [0.5, 0.6) is 0 Å². The van der Waals surface area contributed by atoms with Crippen molar-refractivity contribution in [2.45, 2.75) is 31.5 Å². The van der Waals surface area contributed by atoms with Crippen LogP contribution in [0.15, 0.2) is 24.4 Å². The zero-order chi connectivity index (χ0) is 15.9. The van der Waals surface area contributed by atoms with Crippen molar-refractivity contribution in [2.75, 3.05) is 12.3 Å². The van der Waals surface area contributed by atoms with Gasteiger partial charge in [0.1, 0.15) is 5.60 Å². The summed E-state index contributed by atoms with van der Waals surface area (Å²) in [5.41, 5.74) is 1.02. The highest BCUT2D eigenvalue weighted by atomic mass is 32.2. The Labute approximate surface area is 129 Å². The number of aromatic nitrogens is 2. The molecule has 1 N–H and O–H groups in total. The quantitative estimate of drug-likeness (QED) is 0.496. The summed E-state index contributed by atoms with van der Waals surface area (Å²) in [6.45, 7) is 13.3. The van der Waals surface area contributed by atoms with Gasteiger partial charge in [-0.25, -0.2) is 14.8 Å². The first-order valence-electron chi connectivity index (χ1n) is 6.57. The van der Waals surface area contributed by atoms with E-state index < -0.39 is 11.7 Å². The molecule has 0 aliphatic rings. The molecular weight excluding hydrogens is 286 g/mol. The van der Waals surface area contributed by atoms with Crippen LogP contribution in [0.3, 0.4) is 0 Å². The van der Waals surface area contributed by atoms with Crippen LogP contribution in [0.25, 0.3) is 12.2 Å². The van der Waals surface area contributed by atoms with E-state index in [1.54, 1.807) is 12.2 Å². The fourth-order valence-corrected chi connectivity index (χ4v) is 2.07. The average molecular weight is 307 g/mol. The number of rotatable bonds is 6. The smallest absolute Gasteiger partial charge is 0.407 e. The Hall–Kier alpha value is -1.82. The Morgan fingerprint density at radius 1 is 1.33 bits per heavy atom. The van der Waals surface area contributed by atoms with Crippen molar-refractivity contribution in [3.05, 3.63) is 30.6 Å². The molecule has 0 unspecified atom stereocenters. The molecule has 0 aliphatic carbocycles. The number of nitrogens with zero attached hydrogens (tertiary/aromatic N) is 2. The molecule has 0 bridgehead atoms. The molecule has 0 saturated carbocycles. The van der Waals surface area contributed by atoms with Gasteiger partial charge in [-0.2, -0.15) is 0 Å². The molecule has 21 heavy (non-hydrogen) atoms. The highest BCUT2D eigenvalue weighted by molar-refractivity contribution is 7.99. The fourth-order valence-electron chi connectivity index (χ4n) is 1.35. The Bertz CT molecular complexity index is 498. The van der Waals surface area contributed by atoms with Crippen molar-refractivity contribution >= 4 is 30.0 Å². The van der Waals surface area contributed by atoms with Crippen LogP contribution in [-0.2, 0) is 4.74 Å². The van der Waals surface area contributed by atoms with Gasteiger partial charge in [0, 0.05) is 12.3 Å². The molecule has 0 radical (unpaired) electrons. The van der Waals surface area contributed by atoms with Crippen molar-refractivity contribution in [3.8, 4) is 0 Å². The van der Waals surface area contributed by atoms with E-state index in [0.717, 1.165) is 11.4 Å². The summed E-state index contributed by atoms with van der Waals surface area (Å²) in [6.07, 6.45) is 2.91. The molecule has 0 spiro atoms. The normalized spacial score (nSPS) is 10.8. The van der Waals surface area contributed by atoms with Gasteiger partial charge in [0.15, 0.2) is 5.16 Å². The van der Waals surface area contributed by atoms with Crippen LogP contribution < -0.4 is 5.32 Å². The zero-order valence-corrected chi connectivity index (χ0v) is 13.5. The van der Waals surface area contributed by atoms with Crippen LogP contribution in [0, 0.1) is 0 Å². The Morgan fingerprint density at radius 2 is 1.90 bits per heavy atom. The second kappa shape index (κ2) is 7.83. The van der Waals surface area contributed by atoms with Crippen LogP contribution in [-0.4, -0.2) is 34.0 Å².